The first-order chi connectivity index (χ1) is 15.8. The van der Waals surface area contributed by atoms with Crippen molar-refractivity contribution < 1.29 is 30.0 Å². The number of hydrogen-bond acceptors (Lipinski definition) is 5. The normalized spacial score (nSPS) is 16.8. The Morgan fingerprint density at radius 3 is 1.55 bits per heavy atom. The molecule has 0 aliphatic carbocycles. The number of benzene rings is 2. The van der Waals surface area contributed by atoms with Gasteiger partial charge in [0.2, 0.25) is 0 Å². The first-order valence-electron chi connectivity index (χ1n) is 10.5. The Bertz CT molecular complexity index is 1040. The first kappa shape index (κ1) is 22.5. The van der Waals surface area contributed by atoms with Crippen molar-refractivity contribution in [3.8, 4) is 0 Å². The van der Waals surface area contributed by atoms with Gasteiger partial charge in [0.25, 0.3) is 0 Å². The number of nitrogens with one attached hydrogen (secondary N) is 1. The molecule has 2 atom stereocenters. The van der Waals surface area contributed by atoms with Gasteiger partial charge in [-0.3, -0.25) is 9.80 Å². The fourth-order valence-electron chi connectivity index (χ4n) is 4.11. The molecular formula is C24H25N3O6. The van der Waals surface area contributed by atoms with Gasteiger partial charge < -0.3 is 25.7 Å². The molecular weight excluding hydrogens is 426 g/mol. The fourth-order valence-corrected chi connectivity index (χ4v) is 4.11. The summed E-state index contributed by atoms with van der Waals surface area (Å²) in [5.74, 6) is 0. The van der Waals surface area contributed by atoms with Gasteiger partial charge in [-0.2, -0.15) is 0 Å². The van der Waals surface area contributed by atoms with Crippen LogP contribution in [0.5, 0.6) is 0 Å². The van der Waals surface area contributed by atoms with Crippen molar-refractivity contribution >= 4 is 24.3 Å². The monoisotopic (exact) mass is 451 g/mol. The summed E-state index contributed by atoms with van der Waals surface area (Å²) in [4.78, 5) is 25.6. The lowest BCUT2D eigenvalue weighted by Crippen LogP contribution is -2.43. The van der Waals surface area contributed by atoms with Gasteiger partial charge in [-0.1, -0.05) is 48.5 Å². The molecule has 0 aromatic heterocycles. The third-order valence-corrected chi connectivity index (χ3v) is 5.82. The molecule has 0 unspecified atom stereocenters. The molecule has 9 heteroatoms. The van der Waals surface area contributed by atoms with Crippen molar-refractivity contribution in [3.05, 3.63) is 82.2 Å². The van der Waals surface area contributed by atoms with Gasteiger partial charge in [0.15, 0.2) is 0 Å². The van der Waals surface area contributed by atoms with E-state index in [-0.39, 0.29) is 37.6 Å². The van der Waals surface area contributed by atoms with E-state index < -0.39 is 24.4 Å². The van der Waals surface area contributed by atoms with E-state index in [1.807, 2.05) is 48.5 Å². The zero-order valence-electron chi connectivity index (χ0n) is 17.8. The van der Waals surface area contributed by atoms with Crippen molar-refractivity contribution in [3.63, 3.8) is 0 Å². The van der Waals surface area contributed by atoms with E-state index in [4.69, 9.17) is 0 Å². The van der Waals surface area contributed by atoms with E-state index in [1.54, 1.807) is 12.2 Å². The molecule has 2 amide bonds. The van der Waals surface area contributed by atoms with E-state index in [0.717, 1.165) is 32.1 Å². The summed E-state index contributed by atoms with van der Waals surface area (Å²) in [6, 6.07) is 14.7. The van der Waals surface area contributed by atoms with Gasteiger partial charge in [0.1, 0.15) is 12.2 Å². The Morgan fingerprint density at radius 1 is 0.758 bits per heavy atom. The van der Waals surface area contributed by atoms with E-state index in [9.17, 15) is 30.0 Å². The Labute approximate surface area is 190 Å². The van der Waals surface area contributed by atoms with Crippen LogP contribution in [0, 0.1) is 0 Å². The van der Waals surface area contributed by atoms with Gasteiger partial charge in [0.05, 0.1) is 24.5 Å². The topological polar surface area (TPSA) is 134 Å². The van der Waals surface area contributed by atoms with Gasteiger partial charge >= 0.3 is 12.2 Å². The second kappa shape index (κ2) is 9.45. The van der Waals surface area contributed by atoms with E-state index in [2.05, 4.69) is 5.32 Å². The fraction of sp³-hybridized carbons (Fsp3) is 0.250. The van der Waals surface area contributed by atoms with Gasteiger partial charge in [-0.25, -0.2) is 9.59 Å². The molecule has 0 spiro atoms. The predicted molar refractivity (Wildman–Crippen MR) is 121 cm³/mol. The molecule has 0 bridgehead atoms. The van der Waals surface area contributed by atoms with Crippen LogP contribution >= 0.6 is 0 Å². The summed E-state index contributed by atoms with van der Waals surface area (Å²) in [5, 5.41) is 43.4. The molecule has 33 heavy (non-hydrogen) atoms. The second-order valence-corrected chi connectivity index (χ2v) is 7.96. The van der Waals surface area contributed by atoms with E-state index in [1.165, 1.54) is 0 Å². The zero-order valence-corrected chi connectivity index (χ0v) is 17.8. The molecule has 9 nitrogen and oxygen atoms in total. The molecule has 2 aliphatic heterocycles. The molecule has 2 heterocycles. The van der Waals surface area contributed by atoms with Gasteiger partial charge in [-0.05, 0) is 34.4 Å². The molecule has 2 aliphatic rings. The Hall–Kier alpha value is -3.66. The number of fused-ring (bicyclic) bond motifs is 2. The van der Waals surface area contributed by atoms with Crippen LogP contribution in [0.2, 0.25) is 0 Å². The number of aliphatic hydroxyl groups is 2. The summed E-state index contributed by atoms with van der Waals surface area (Å²) in [6.07, 6.45) is -1.34. The maximum Gasteiger partial charge on any atom is 0.411 e. The SMILES string of the molecule is O=C(O)N1Cc2ccccc2C=C1[C@H](O)CNC[C@H](O)C1=Cc2ccccc2CN1C(=O)O. The number of amides is 2. The molecule has 5 N–H and O–H groups in total. The Kier molecular flexibility index (Phi) is 6.45. The lowest BCUT2D eigenvalue weighted by molar-refractivity contribution is 0.116. The lowest BCUT2D eigenvalue weighted by atomic mass is 9.99. The Balaban J connectivity index is 1.44. The molecule has 0 fully saturated rings. The summed E-state index contributed by atoms with van der Waals surface area (Å²) in [6.45, 7) is 0.228. The summed E-state index contributed by atoms with van der Waals surface area (Å²) >= 11 is 0. The number of hydrogen-bond donors (Lipinski definition) is 5. The third kappa shape index (κ3) is 4.75. The van der Waals surface area contributed by atoms with Crippen molar-refractivity contribution in [2.24, 2.45) is 0 Å². The number of carboxylic acid groups (broad SMARTS) is 2. The lowest BCUT2D eigenvalue weighted by Gasteiger charge is -2.32. The smallest absolute Gasteiger partial charge is 0.411 e. The summed E-state index contributed by atoms with van der Waals surface area (Å²) < 4.78 is 0. The largest absolute Gasteiger partial charge is 0.465 e. The molecule has 0 radical (unpaired) electrons. The highest BCUT2D eigenvalue weighted by atomic mass is 16.4. The standard InChI is InChI=1S/C24H25N3O6/c28-21(19-9-15-5-1-3-7-17(15)13-26(19)23(30)31)11-25-12-22(29)20-10-16-6-2-4-8-18(16)14-27(20)24(32)33/h1-10,21-22,25,28-29H,11-14H2,(H,30,31)(H,32,33)/t21-,22+. The maximum atomic E-state index is 11.7. The quantitative estimate of drug-likeness (QED) is 0.455. The number of nitrogens with zero attached hydrogens (tertiary/aromatic N) is 2. The van der Waals surface area contributed by atoms with Crippen LogP contribution < -0.4 is 5.32 Å². The summed E-state index contributed by atoms with van der Waals surface area (Å²) in [5.41, 5.74) is 3.84. The van der Waals surface area contributed by atoms with Crippen LogP contribution in [0.1, 0.15) is 22.3 Å². The predicted octanol–water partition coefficient (Wildman–Crippen LogP) is 2.37. The molecule has 0 saturated carbocycles. The van der Waals surface area contributed by atoms with Crippen LogP contribution in [-0.4, -0.2) is 67.7 Å². The molecule has 2 aromatic rings. The van der Waals surface area contributed by atoms with Crippen LogP contribution in [0.4, 0.5) is 9.59 Å². The molecule has 2 aromatic carbocycles. The van der Waals surface area contributed by atoms with Gasteiger partial charge in [-0.15, -0.1) is 0 Å². The second-order valence-electron chi connectivity index (χ2n) is 7.96. The zero-order chi connectivity index (χ0) is 23.5. The van der Waals surface area contributed by atoms with Crippen LogP contribution in [0.25, 0.3) is 12.2 Å². The van der Waals surface area contributed by atoms with Crippen LogP contribution in [-0.2, 0) is 13.1 Å². The van der Waals surface area contributed by atoms with Crippen LogP contribution in [0.15, 0.2) is 59.9 Å². The average Bonchev–Trinajstić information content (AvgIpc) is 2.82. The first-order valence-corrected chi connectivity index (χ1v) is 10.5. The van der Waals surface area contributed by atoms with E-state index >= 15 is 0 Å². The third-order valence-electron chi connectivity index (χ3n) is 5.82. The minimum atomic E-state index is -1.17. The van der Waals surface area contributed by atoms with Crippen molar-refractivity contribution in [2.75, 3.05) is 13.1 Å². The molecule has 4 rings (SSSR count). The highest BCUT2D eigenvalue weighted by molar-refractivity contribution is 5.74. The maximum absolute atomic E-state index is 11.7. The van der Waals surface area contributed by atoms with E-state index in [0.29, 0.717) is 0 Å². The molecule has 172 valence electrons. The summed E-state index contributed by atoms with van der Waals surface area (Å²) in [7, 11) is 0. The minimum Gasteiger partial charge on any atom is -0.465 e. The highest BCUT2D eigenvalue weighted by Gasteiger charge is 2.30. The van der Waals surface area contributed by atoms with Crippen LogP contribution in [0.3, 0.4) is 0 Å². The molecule has 0 saturated heterocycles. The minimum absolute atomic E-state index is 0.0220. The van der Waals surface area contributed by atoms with Crippen molar-refractivity contribution in [1.82, 2.24) is 15.1 Å². The highest BCUT2D eigenvalue weighted by Crippen LogP contribution is 2.28. The number of aliphatic hydroxyl groups excluding tert-OH is 2. The van der Waals surface area contributed by atoms with Gasteiger partial charge in [0, 0.05) is 13.1 Å². The number of carbonyl (C=O) groups is 2. The Morgan fingerprint density at radius 2 is 1.15 bits per heavy atom. The van der Waals surface area contributed by atoms with Crippen molar-refractivity contribution in [1.29, 1.82) is 0 Å². The van der Waals surface area contributed by atoms with Crippen molar-refractivity contribution in [2.45, 2.75) is 25.3 Å². The average molecular weight is 451 g/mol. The number of rotatable bonds is 6.